The van der Waals surface area contributed by atoms with Crippen LogP contribution in [0.2, 0.25) is 5.02 Å². The molecule has 1 aromatic heterocycles. The Bertz CT molecular complexity index is 653. The Morgan fingerprint density at radius 3 is 2.74 bits per heavy atom. The van der Waals surface area contributed by atoms with Gasteiger partial charge in [-0.15, -0.1) is 0 Å². The van der Waals surface area contributed by atoms with Crippen LogP contribution in [0.15, 0.2) is 34.7 Å². The van der Waals surface area contributed by atoms with Crippen LogP contribution in [0.1, 0.15) is 10.6 Å². The van der Waals surface area contributed by atoms with E-state index in [9.17, 15) is 14.9 Å². The first-order chi connectivity index (χ1) is 9.02. The smallest absolute Gasteiger partial charge is 0.300 e. The summed E-state index contributed by atoms with van der Waals surface area (Å²) in [5.41, 5.74) is 2.12. The average molecular weight is 282 g/mol. The summed E-state index contributed by atoms with van der Waals surface area (Å²) < 4.78 is 5.24. The maximum atomic E-state index is 11.2. The number of nitro benzene ring substituents is 1. The van der Waals surface area contributed by atoms with Gasteiger partial charge >= 0.3 is 5.91 Å². The first kappa shape index (κ1) is 13.1. The zero-order valence-electron chi connectivity index (χ0n) is 9.42. The van der Waals surface area contributed by atoms with Crippen molar-refractivity contribution in [1.82, 2.24) is 5.43 Å². The molecule has 1 aromatic carbocycles. The lowest BCUT2D eigenvalue weighted by atomic mass is 10.1. The molecule has 1 heterocycles. The number of nitrogens with zero attached hydrogens (tertiary/aromatic N) is 1. The van der Waals surface area contributed by atoms with Gasteiger partial charge in [0, 0.05) is 17.7 Å². The van der Waals surface area contributed by atoms with Gasteiger partial charge in [0.05, 0.1) is 9.95 Å². The second kappa shape index (κ2) is 5.09. The van der Waals surface area contributed by atoms with Gasteiger partial charge in [-0.25, -0.2) is 5.84 Å². The van der Waals surface area contributed by atoms with Crippen molar-refractivity contribution < 1.29 is 14.1 Å². The molecule has 0 unspecified atom stereocenters. The van der Waals surface area contributed by atoms with Crippen LogP contribution in [0.3, 0.4) is 0 Å². The van der Waals surface area contributed by atoms with E-state index in [1.54, 1.807) is 0 Å². The zero-order chi connectivity index (χ0) is 14.0. The van der Waals surface area contributed by atoms with Gasteiger partial charge in [0.2, 0.25) is 0 Å². The molecule has 0 aliphatic heterocycles. The summed E-state index contributed by atoms with van der Waals surface area (Å²) in [6.45, 7) is 0. The number of amides is 1. The average Bonchev–Trinajstić information content (AvgIpc) is 2.87. The fourth-order valence-electron chi connectivity index (χ4n) is 1.49. The summed E-state index contributed by atoms with van der Waals surface area (Å²) in [7, 11) is 0. The van der Waals surface area contributed by atoms with E-state index in [4.69, 9.17) is 21.9 Å². The third-order valence-electron chi connectivity index (χ3n) is 2.39. The van der Waals surface area contributed by atoms with E-state index in [1.165, 1.54) is 30.3 Å². The van der Waals surface area contributed by atoms with Crippen LogP contribution >= 0.6 is 11.6 Å². The number of hydrogen-bond donors (Lipinski definition) is 2. The lowest BCUT2D eigenvalue weighted by Crippen LogP contribution is -2.29. The number of nitrogens with two attached hydrogens (primary N) is 1. The van der Waals surface area contributed by atoms with Crippen molar-refractivity contribution in [2.24, 2.45) is 5.84 Å². The maximum absolute atomic E-state index is 11.2. The van der Waals surface area contributed by atoms with Crippen LogP contribution in [-0.4, -0.2) is 10.8 Å². The molecule has 7 nitrogen and oxygen atoms in total. The molecule has 0 atom stereocenters. The van der Waals surface area contributed by atoms with Crippen LogP contribution in [0.25, 0.3) is 11.3 Å². The van der Waals surface area contributed by atoms with Crippen molar-refractivity contribution in [3.63, 3.8) is 0 Å². The second-order valence-electron chi connectivity index (χ2n) is 3.56. The van der Waals surface area contributed by atoms with E-state index < -0.39 is 10.8 Å². The van der Waals surface area contributed by atoms with Crippen LogP contribution in [0, 0.1) is 10.1 Å². The Balaban J connectivity index is 2.46. The SMILES string of the molecule is NNC(=O)c1ccc(-c2cc([N+](=O)[O-])ccc2Cl)o1. The molecule has 98 valence electrons. The number of hydrazine groups is 1. The molecule has 8 heteroatoms. The number of furan rings is 1. The number of carbonyl (C=O) groups is 1. The fraction of sp³-hybridized carbons (Fsp3) is 0. The Labute approximate surface area is 112 Å². The van der Waals surface area contributed by atoms with Crippen molar-refractivity contribution >= 4 is 23.2 Å². The number of rotatable bonds is 3. The van der Waals surface area contributed by atoms with Gasteiger partial charge in [0.15, 0.2) is 5.76 Å². The highest BCUT2D eigenvalue weighted by Crippen LogP contribution is 2.32. The van der Waals surface area contributed by atoms with Crippen LogP contribution in [0.4, 0.5) is 5.69 Å². The predicted octanol–water partition coefficient (Wildman–Crippen LogP) is 2.11. The molecule has 0 bridgehead atoms. The molecule has 0 saturated carbocycles. The summed E-state index contributed by atoms with van der Waals surface area (Å²) in [6, 6.07) is 6.82. The Morgan fingerprint density at radius 2 is 2.11 bits per heavy atom. The minimum atomic E-state index is -0.604. The Morgan fingerprint density at radius 1 is 1.37 bits per heavy atom. The highest BCUT2D eigenvalue weighted by molar-refractivity contribution is 6.33. The third kappa shape index (κ3) is 2.56. The van der Waals surface area contributed by atoms with Crippen LogP contribution in [0.5, 0.6) is 0 Å². The molecule has 0 aliphatic carbocycles. The quantitative estimate of drug-likeness (QED) is 0.387. The summed E-state index contributed by atoms with van der Waals surface area (Å²) in [5, 5.41) is 11.0. The number of hydrogen-bond acceptors (Lipinski definition) is 5. The minimum Gasteiger partial charge on any atom is -0.451 e. The Kier molecular flexibility index (Phi) is 3.50. The first-order valence-corrected chi connectivity index (χ1v) is 5.46. The lowest BCUT2D eigenvalue weighted by Gasteiger charge is -2.01. The van der Waals surface area contributed by atoms with E-state index in [0.29, 0.717) is 5.56 Å². The van der Waals surface area contributed by atoms with Gasteiger partial charge in [-0.1, -0.05) is 11.6 Å². The van der Waals surface area contributed by atoms with Gasteiger partial charge in [0.25, 0.3) is 5.69 Å². The van der Waals surface area contributed by atoms with Crippen molar-refractivity contribution in [3.05, 3.63) is 51.2 Å². The topological polar surface area (TPSA) is 111 Å². The normalized spacial score (nSPS) is 10.2. The molecule has 2 aromatic rings. The van der Waals surface area contributed by atoms with E-state index in [1.807, 2.05) is 5.43 Å². The Hall–Kier alpha value is -2.38. The summed E-state index contributed by atoms with van der Waals surface area (Å²) >= 11 is 5.95. The van der Waals surface area contributed by atoms with Crippen molar-refractivity contribution in [2.75, 3.05) is 0 Å². The van der Waals surface area contributed by atoms with Crippen molar-refractivity contribution in [3.8, 4) is 11.3 Å². The van der Waals surface area contributed by atoms with Gasteiger partial charge in [-0.05, 0) is 18.2 Å². The van der Waals surface area contributed by atoms with Gasteiger partial charge in [0.1, 0.15) is 5.76 Å². The number of halogens is 1. The second-order valence-corrected chi connectivity index (χ2v) is 3.97. The molecule has 0 spiro atoms. The molecule has 3 N–H and O–H groups in total. The molecule has 0 fully saturated rings. The number of carbonyl (C=O) groups excluding carboxylic acids is 1. The number of nitrogen functional groups attached to an aromatic ring is 1. The molecule has 0 saturated heterocycles. The largest absolute Gasteiger partial charge is 0.451 e. The van der Waals surface area contributed by atoms with E-state index in [-0.39, 0.29) is 22.2 Å². The van der Waals surface area contributed by atoms with E-state index >= 15 is 0 Å². The van der Waals surface area contributed by atoms with Gasteiger partial charge < -0.3 is 4.42 Å². The highest BCUT2D eigenvalue weighted by Gasteiger charge is 2.16. The molecule has 2 rings (SSSR count). The fourth-order valence-corrected chi connectivity index (χ4v) is 1.70. The summed E-state index contributed by atoms with van der Waals surface area (Å²) in [4.78, 5) is 21.4. The molecule has 0 aliphatic rings. The zero-order valence-corrected chi connectivity index (χ0v) is 10.2. The molecule has 1 amide bonds. The van der Waals surface area contributed by atoms with Crippen molar-refractivity contribution in [2.45, 2.75) is 0 Å². The monoisotopic (exact) mass is 281 g/mol. The number of non-ortho nitro benzene ring substituents is 1. The molecular weight excluding hydrogens is 274 g/mol. The van der Waals surface area contributed by atoms with Crippen molar-refractivity contribution in [1.29, 1.82) is 0 Å². The number of nitrogens with one attached hydrogen (secondary N) is 1. The van der Waals surface area contributed by atoms with Crippen LogP contribution in [-0.2, 0) is 0 Å². The van der Waals surface area contributed by atoms with Gasteiger partial charge in [-0.2, -0.15) is 0 Å². The molecule has 0 radical (unpaired) electrons. The predicted molar refractivity (Wildman–Crippen MR) is 67.5 cm³/mol. The number of benzene rings is 1. The van der Waals surface area contributed by atoms with E-state index in [0.717, 1.165) is 0 Å². The first-order valence-electron chi connectivity index (χ1n) is 5.08. The standard InChI is InChI=1S/C11H8ClN3O4/c12-8-2-1-6(15(17)18)5-7(8)9-3-4-10(19-9)11(16)14-13/h1-5H,13H2,(H,14,16). The van der Waals surface area contributed by atoms with Gasteiger partial charge in [-0.3, -0.25) is 20.3 Å². The highest BCUT2D eigenvalue weighted by atomic mass is 35.5. The summed E-state index contributed by atoms with van der Waals surface area (Å²) in [5.74, 6) is 4.60. The lowest BCUT2D eigenvalue weighted by molar-refractivity contribution is -0.384. The third-order valence-corrected chi connectivity index (χ3v) is 2.72. The van der Waals surface area contributed by atoms with E-state index in [2.05, 4.69) is 0 Å². The number of nitro groups is 1. The summed E-state index contributed by atoms with van der Waals surface area (Å²) in [6.07, 6.45) is 0. The minimum absolute atomic E-state index is 0.0138. The van der Waals surface area contributed by atoms with Crippen LogP contribution < -0.4 is 11.3 Å². The molecule has 19 heavy (non-hydrogen) atoms. The molecular formula is C11H8ClN3O4. The maximum Gasteiger partial charge on any atom is 0.300 e.